The molecule has 0 radical (unpaired) electrons. The van der Waals surface area contributed by atoms with E-state index in [1.807, 2.05) is 47.4 Å². The van der Waals surface area contributed by atoms with Crippen molar-refractivity contribution in [1.29, 1.82) is 0 Å². The van der Waals surface area contributed by atoms with Crippen LogP contribution in [0.4, 0.5) is 11.6 Å². The van der Waals surface area contributed by atoms with E-state index in [4.69, 9.17) is 11.5 Å². The zero-order valence-electron chi connectivity index (χ0n) is 14.6. The zero-order chi connectivity index (χ0) is 18.5. The number of rotatable bonds is 2. The first-order chi connectivity index (χ1) is 12.5. The van der Waals surface area contributed by atoms with Gasteiger partial charge < -0.3 is 20.6 Å². The van der Waals surface area contributed by atoms with Gasteiger partial charge >= 0.3 is 0 Å². The maximum Gasteiger partial charge on any atom is 0.125 e. The number of aromatic nitrogens is 6. The van der Waals surface area contributed by atoms with E-state index < -0.39 is 0 Å². The minimum absolute atomic E-state index is 0.517. The van der Waals surface area contributed by atoms with Gasteiger partial charge in [0.2, 0.25) is 0 Å². The van der Waals surface area contributed by atoms with Crippen molar-refractivity contribution in [2.45, 2.75) is 13.8 Å². The number of hydrogen-bond donors (Lipinski definition) is 2. The highest BCUT2D eigenvalue weighted by atomic mass is 15.1. The van der Waals surface area contributed by atoms with Gasteiger partial charge in [0, 0.05) is 42.6 Å². The Bertz CT molecular complexity index is 1000. The molecule has 0 aliphatic carbocycles. The van der Waals surface area contributed by atoms with Gasteiger partial charge in [-0.1, -0.05) is 0 Å². The summed E-state index contributed by atoms with van der Waals surface area (Å²) in [5.41, 5.74) is 15.2. The third-order valence-corrected chi connectivity index (χ3v) is 3.64. The van der Waals surface area contributed by atoms with Gasteiger partial charge in [-0.05, 0) is 26.0 Å². The first kappa shape index (κ1) is 17.2. The number of nitrogen functional groups attached to an aromatic ring is 2. The Morgan fingerprint density at radius 1 is 0.846 bits per heavy atom. The Morgan fingerprint density at radius 3 is 2.04 bits per heavy atom. The van der Waals surface area contributed by atoms with Crippen LogP contribution in [0.25, 0.3) is 11.4 Å². The second-order valence-corrected chi connectivity index (χ2v) is 5.71. The molecule has 26 heavy (non-hydrogen) atoms. The number of imidazole rings is 2. The van der Waals surface area contributed by atoms with E-state index in [2.05, 4.69) is 19.9 Å². The summed E-state index contributed by atoms with van der Waals surface area (Å²) >= 11 is 0. The highest BCUT2D eigenvalue weighted by Crippen LogP contribution is 2.11. The zero-order valence-corrected chi connectivity index (χ0v) is 14.6. The average molecular weight is 348 g/mol. The summed E-state index contributed by atoms with van der Waals surface area (Å²) in [7, 11) is 0. The van der Waals surface area contributed by atoms with Gasteiger partial charge in [0.1, 0.15) is 11.6 Å². The quantitative estimate of drug-likeness (QED) is 0.575. The van der Waals surface area contributed by atoms with E-state index in [-0.39, 0.29) is 0 Å². The summed E-state index contributed by atoms with van der Waals surface area (Å²) in [5, 5.41) is 0. The van der Waals surface area contributed by atoms with Gasteiger partial charge in [-0.2, -0.15) is 0 Å². The van der Waals surface area contributed by atoms with E-state index in [0.29, 0.717) is 11.6 Å². The number of anilines is 2. The van der Waals surface area contributed by atoms with Crippen molar-refractivity contribution >= 4 is 11.6 Å². The lowest BCUT2D eigenvalue weighted by atomic mass is 10.3. The summed E-state index contributed by atoms with van der Waals surface area (Å²) in [6.45, 7) is 3.94. The predicted octanol–water partition coefficient (Wildman–Crippen LogP) is 2.32. The molecule has 4 aromatic rings. The second-order valence-electron chi connectivity index (χ2n) is 5.71. The van der Waals surface area contributed by atoms with E-state index >= 15 is 0 Å². The predicted molar refractivity (Wildman–Crippen MR) is 101 cm³/mol. The largest absolute Gasteiger partial charge is 0.384 e. The first-order valence-corrected chi connectivity index (χ1v) is 7.96. The van der Waals surface area contributed by atoms with Crippen LogP contribution in [0.15, 0.2) is 61.7 Å². The molecule has 4 heterocycles. The molecule has 8 nitrogen and oxygen atoms in total. The lowest BCUT2D eigenvalue weighted by molar-refractivity contribution is 1.000. The van der Waals surface area contributed by atoms with E-state index in [9.17, 15) is 0 Å². The Hall–Kier alpha value is -3.68. The molecule has 0 aromatic carbocycles. The van der Waals surface area contributed by atoms with Gasteiger partial charge in [0.05, 0.1) is 29.7 Å². The Labute approximate surface area is 151 Å². The lowest BCUT2D eigenvalue weighted by Crippen LogP contribution is -1.97. The second kappa shape index (κ2) is 7.47. The fourth-order valence-electron chi connectivity index (χ4n) is 2.38. The molecule has 0 amide bonds. The smallest absolute Gasteiger partial charge is 0.125 e. The number of pyridine rings is 2. The van der Waals surface area contributed by atoms with Gasteiger partial charge in [-0.3, -0.25) is 0 Å². The van der Waals surface area contributed by atoms with Gasteiger partial charge in [-0.15, -0.1) is 0 Å². The molecule has 0 aliphatic heterocycles. The maximum atomic E-state index is 5.57. The SMILES string of the molecule is Cc1cn(-c2ccnc(N)c2)cn1.Cc1cncn1-c1ccnc(N)c1. The monoisotopic (exact) mass is 348 g/mol. The van der Waals surface area contributed by atoms with Crippen LogP contribution in [0.3, 0.4) is 0 Å². The minimum atomic E-state index is 0.517. The number of hydrogen-bond acceptors (Lipinski definition) is 6. The summed E-state index contributed by atoms with van der Waals surface area (Å²) in [6, 6.07) is 7.40. The molecule has 0 saturated heterocycles. The Kier molecular flexibility index (Phi) is 4.93. The van der Waals surface area contributed by atoms with Crippen molar-refractivity contribution in [1.82, 2.24) is 29.1 Å². The number of aryl methyl sites for hydroxylation is 2. The summed E-state index contributed by atoms with van der Waals surface area (Å²) in [6.07, 6.45) is 10.6. The normalized spacial score (nSPS) is 10.2. The van der Waals surface area contributed by atoms with Crippen LogP contribution >= 0.6 is 0 Å². The standard InChI is InChI=1S/2C9H10N4/c1-7-5-11-6-13(7)8-2-3-12-9(10)4-8;1-7-5-13(6-12-7)8-2-3-11-9(10)4-8/h2-6H,1H3,(H2,10,12);2-6H,1H3,(H2,10,11). The molecular formula is C18H20N8. The van der Waals surface area contributed by atoms with Crippen molar-refractivity contribution in [3.63, 3.8) is 0 Å². The molecule has 0 saturated carbocycles. The fraction of sp³-hybridized carbons (Fsp3) is 0.111. The van der Waals surface area contributed by atoms with E-state index in [0.717, 1.165) is 22.8 Å². The van der Waals surface area contributed by atoms with Crippen LogP contribution in [-0.4, -0.2) is 29.1 Å². The van der Waals surface area contributed by atoms with Crippen molar-refractivity contribution in [2.75, 3.05) is 11.5 Å². The van der Waals surface area contributed by atoms with E-state index in [1.54, 1.807) is 37.3 Å². The van der Waals surface area contributed by atoms with Crippen LogP contribution in [-0.2, 0) is 0 Å². The molecule has 0 fully saturated rings. The van der Waals surface area contributed by atoms with Crippen molar-refractivity contribution < 1.29 is 0 Å². The maximum absolute atomic E-state index is 5.57. The molecule has 4 aromatic heterocycles. The third-order valence-electron chi connectivity index (χ3n) is 3.64. The summed E-state index contributed by atoms with van der Waals surface area (Å²) in [4.78, 5) is 16.0. The first-order valence-electron chi connectivity index (χ1n) is 7.96. The average Bonchev–Trinajstić information content (AvgIpc) is 3.24. The number of nitrogens with two attached hydrogens (primary N) is 2. The molecular weight excluding hydrogens is 328 g/mol. The van der Waals surface area contributed by atoms with Crippen LogP contribution in [0.2, 0.25) is 0 Å². The topological polar surface area (TPSA) is 113 Å². The van der Waals surface area contributed by atoms with Gasteiger partial charge in [0.15, 0.2) is 0 Å². The molecule has 4 rings (SSSR count). The molecule has 4 N–H and O–H groups in total. The van der Waals surface area contributed by atoms with Crippen molar-refractivity contribution in [3.05, 3.63) is 73.1 Å². The Balaban J connectivity index is 0.000000151. The van der Waals surface area contributed by atoms with Crippen molar-refractivity contribution in [3.8, 4) is 11.4 Å². The molecule has 0 atom stereocenters. The van der Waals surface area contributed by atoms with Crippen LogP contribution in [0.5, 0.6) is 0 Å². The van der Waals surface area contributed by atoms with Gasteiger partial charge in [-0.25, -0.2) is 19.9 Å². The summed E-state index contributed by atoms with van der Waals surface area (Å²) in [5.74, 6) is 1.04. The molecule has 0 aliphatic rings. The van der Waals surface area contributed by atoms with Crippen LogP contribution in [0, 0.1) is 13.8 Å². The Morgan fingerprint density at radius 2 is 1.50 bits per heavy atom. The highest BCUT2D eigenvalue weighted by Gasteiger charge is 1.99. The lowest BCUT2D eigenvalue weighted by Gasteiger charge is -2.04. The third kappa shape index (κ3) is 4.04. The van der Waals surface area contributed by atoms with Crippen molar-refractivity contribution in [2.24, 2.45) is 0 Å². The minimum Gasteiger partial charge on any atom is -0.384 e. The molecule has 0 bridgehead atoms. The van der Waals surface area contributed by atoms with E-state index in [1.165, 1.54) is 0 Å². The molecule has 0 unspecified atom stereocenters. The fourth-order valence-corrected chi connectivity index (χ4v) is 2.38. The van der Waals surface area contributed by atoms with Crippen LogP contribution in [0.1, 0.15) is 11.4 Å². The van der Waals surface area contributed by atoms with Crippen LogP contribution < -0.4 is 11.5 Å². The van der Waals surface area contributed by atoms with Gasteiger partial charge in [0.25, 0.3) is 0 Å². The highest BCUT2D eigenvalue weighted by molar-refractivity contribution is 5.42. The molecule has 8 heteroatoms. The number of nitrogens with zero attached hydrogens (tertiary/aromatic N) is 6. The molecule has 0 spiro atoms. The molecule has 132 valence electrons. The summed E-state index contributed by atoms with van der Waals surface area (Å²) < 4.78 is 3.87.